The van der Waals surface area contributed by atoms with Crippen LogP contribution < -0.4 is 11.3 Å². The third kappa shape index (κ3) is 2.75. The van der Waals surface area contributed by atoms with Gasteiger partial charge in [0.25, 0.3) is 0 Å². The van der Waals surface area contributed by atoms with Crippen LogP contribution >= 0.6 is 0 Å². The van der Waals surface area contributed by atoms with Crippen molar-refractivity contribution in [1.82, 2.24) is 15.0 Å². The third-order valence-corrected chi connectivity index (χ3v) is 3.02. The van der Waals surface area contributed by atoms with Crippen LogP contribution in [0.2, 0.25) is 0 Å². The second-order valence-electron chi connectivity index (χ2n) is 4.46. The molecule has 0 radical (unpaired) electrons. The highest BCUT2D eigenvalue weighted by molar-refractivity contribution is 5.28. The van der Waals surface area contributed by atoms with E-state index in [-0.39, 0.29) is 11.9 Å². The number of hydrogen-bond acceptors (Lipinski definition) is 3. The molecule has 0 saturated carbocycles. The Hall–Kier alpha value is -1.72. The minimum Gasteiger partial charge on any atom is -0.340 e. The van der Waals surface area contributed by atoms with E-state index in [2.05, 4.69) is 10.4 Å². The zero-order valence-electron chi connectivity index (χ0n) is 10.5. The molecule has 2 aromatic rings. The van der Waals surface area contributed by atoms with E-state index in [4.69, 9.17) is 5.84 Å². The molecule has 0 aliphatic heterocycles. The van der Waals surface area contributed by atoms with Crippen LogP contribution in [-0.4, -0.2) is 9.55 Å². The Labute approximate surface area is 106 Å². The molecule has 1 unspecified atom stereocenters. The summed E-state index contributed by atoms with van der Waals surface area (Å²) in [6.45, 7) is 1.96. The molecule has 2 rings (SSSR count). The first-order valence-corrected chi connectivity index (χ1v) is 5.79. The highest BCUT2D eigenvalue weighted by atomic mass is 19.1. The minimum atomic E-state index is -0.229. The van der Waals surface area contributed by atoms with Crippen molar-refractivity contribution in [3.05, 3.63) is 53.4 Å². The lowest BCUT2D eigenvalue weighted by Crippen LogP contribution is -2.30. The third-order valence-electron chi connectivity index (χ3n) is 3.02. The normalized spacial score (nSPS) is 12.7. The molecule has 5 heteroatoms. The SMILES string of the molecule is Cc1ccc(F)cc1CC(NN)c1cn(C)cn1. The maximum absolute atomic E-state index is 13.2. The molecule has 1 aromatic carbocycles. The zero-order chi connectivity index (χ0) is 13.1. The molecule has 96 valence electrons. The predicted octanol–water partition coefficient (Wildman–Crippen LogP) is 1.61. The summed E-state index contributed by atoms with van der Waals surface area (Å²) in [5.41, 5.74) is 5.56. The van der Waals surface area contributed by atoms with Crippen molar-refractivity contribution in [3.8, 4) is 0 Å². The van der Waals surface area contributed by atoms with Crippen molar-refractivity contribution >= 4 is 0 Å². The van der Waals surface area contributed by atoms with Crippen LogP contribution in [0.1, 0.15) is 22.9 Å². The van der Waals surface area contributed by atoms with Gasteiger partial charge in [-0.15, -0.1) is 0 Å². The number of nitrogens with zero attached hydrogens (tertiary/aromatic N) is 2. The van der Waals surface area contributed by atoms with Gasteiger partial charge < -0.3 is 4.57 Å². The molecule has 4 nitrogen and oxygen atoms in total. The molecule has 3 N–H and O–H groups in total. The van der Waals surface area contributed by atoms with Crippen LogP contribution in [0.3, 0.4) is 0 Å². The Kier molecular flexibility index (Phi) is 3.74. The van der Waals surface area contributed by atoms with E-state index in [1.165, 1.54) is 6.07 Å². The summed E-state index contributed by atoms with van der Waals surface area (Å²) in [6.07, 6.45) is 4.23. The molecule has 0 spiro atoms. The number of hydrazine groups is 1. The second kappa shape index (κ2) is 5.29. The number of hydrogen-bond donors (Lipinski definition) is 2. The second-order valence-corrected chi connectivity index (χ2v) is 4.46. The molecule has 0 amide bonds. The molecule has 0 saturated heterocycles. The average Bonchev–Trinajstić information content (AvgIpc) is 2.77. The van der Waals surface area contributed by atoms with E-state index in [0.717, 1.165) is 16.8 Å². The molecule has 0 aliphatic carbocycles. The summed E-state index contributed by atoms with van der Waals surface area (Å²) in [5, 5.41) is 0. The fraction of sp³-hybridized carbons (Fsp3) is 0.308. The molecule has 0 bridgehead atoms. The minimum absolute atomic E-state index is 0.119. The van der Waals surface area contributed by atoms with Gasteiger partial charge in [0.1, 0.15) is 5.82 Å². The summed E-state index contributed by atoms with van der Waals surface area (Å²) in [5.74, 6) is 5.33. The molecular formula is C13H17FN4. The first kappa shape index (κ1) is 12.7. The van der Waals surface area contributed by atoms with Crippen molar-refractivity contribution in [1.29, 1.82) is 0 Å². The van der Waals surface area contributed by atoms with E-state index in [1.807, 2.05) is 24.7 Å². The standard InChI is InChI=1S/C13H17FN4/c1-9-3-4-11(14)5-10(9)6-12(17-15)13-7-18(2)8-16-13/h3-5,7-8,12,17H,6,15H2,1-2H3. The molecule has 1 atom stereocenters. The summed E-state index contributed by atoms with van der Waals surface area (Å²) < 4.78 is 15.1. The highest BCUT2D eigenvalue weighted by Gasteiger charge is 2.14. The maximum Gasteiger partial charge on any atom is 0.123 e. The van der Waals surface area contributed by atoms with E-state index in [0.29, 0.717) is 6.42 Å². The van der Waals surface area contributed by atoms with Gasteiger partial charge in [0, 0.05) is 13.2 Å². The summed E-state index contributed by atoms with van der Waals surface area (Å²) in [4.78, 5) is 4.26. The number of halogens is 1. The van der Waals surface area contributed by atoms with Crippen LogP contribution in [0, 0.1) is 12.7 Å². The van der Waals surface area contributed by atoms with E-state index < -0.39 is 0 Å². The fourth-order valence-corrected chi connectivity index (χ4v) is 1.94. The quantitative estimate of drug-likeness (QED) is 0.638. The monoisotopic (exact) mass is 248 g/mol. The van der Waals surface area contributed by atoms with Crippen molar-refractivity contribution in [2.24, 2.45) is 12.9 Å². The molecular weight excluding hydrogens is 231 g/mol. The Morgan fingerprint density at radius 3 is 2.89 bits per heavy atom. The smallest absolute Gasteiger partial charge is 0.123 e. The van der Waals surface area contributed by atoms with Crippen molar-refractivity contribution < 1.29 is 4.39 Å². The van der Waals surface area contributed by atoms with E-state index >= 15 is 0 Å². The summed E-state index contributed by atoms with van der Waals surface area (Å²) in [7, 11) is 1.90. The van der Waals surface area contributed by atoms with Crippen LogP contribution in [0.15, 0.2) is 30.7 Å². The van der Waals surface area contributed by atoms with Crippen molar-refractivity contribution in [2.75, 3.05) is 0 Å². The Balaban J connectivity index is 2.22. The average molecular weight is 248 g/mol. The van der Waals surface area contributed by atoms with Gasteiger partial charge in [-0.1, -0.05) is 6.07 Å². The lowest BCUT2D eigenvalue weighted by Gasteiger charge is -2.15. The first-order valence-electron chi connectivity index (χ1n) is 5.79. The number of aromatic nitrogens is 2. The van der Waals surface area contributed by atoms with Gasteiger partial charge in [-0.2, -0.15) is 0 Å². The van der Waals surface area contributed by atoms with Crippen molar-refractivity contribution in [2.45, 2.75) is 19.4 Å². The number of nitrogens with one attached hydrogen (secondary N) is 1. The number of nitrogens with two attached hydrogens (primary N) is 1. The van der Waals surface area contributed by atoms with E-state index in [9.17, 15) is 4.39 Å². The molecule has 1 heterocycles. The maximum atomic E-state index is 13.2. The van der Waals surface area contributed by atoms with Gasteiger partial charge in [-0.05, 0) is 36.6 Å². The molecule has 0 aliphatic rings. The predicted molar refractivity (Wildman–Crippen MR) is 68.1 cm³/mol. The highest BCUT2D eigenvalue weighted by Crippen LogP contribution is 2.19. The van der Waals surface area contributed by atoms with Crippen LogP contribution in [0.25, 0.3) is 0 Å². The molecule has 0 fully saturated rings. The molecule has 18 heavy (non-hydrogen) atoms. The van der Waals surface area contributed by atoms with Crippen LogP contribution in [-0.2, 0) is 13.5 Å². The van der Waals surface area contributed by atoms with E-state index in [1.54, 1.807) is 18.5 Å². The van der Waals surface area contributed by atoms with Crippen molar-refractivity contribution in [3.63, 3.8) is 0 Å². The topological polar surface area (TPSA) is 55.9 Å². The Morgan fingerprint density at radius 1 is 1.50 bits per heavy atom. The van der Waals surface area contributed by atoms with Crippen LogP contribution in [0.5, 0.6) is 0 Å². The van der Waals surface area contributed by atoms with Gasteiger partial charge in [0.05, 0.1) is 18.1 Å². The number of rotatable bonds is 4. The van der Waals surface area contributed by atoms with Gasteiger partial charge >= 0.3 is 0 Å². The van der Waals surface area contributed by atoms with Gasteiger partial charge in [0.2, 0.25) is 0 Å². The van der Waals surface area contributed by atoms with Crippen LogP contribution in [0.4, 0.5) is 4.39 Å². The first-order chi connectivity index (χ1) is 8.60. The lowest BCUT2D eigenvalue weighted by molar-refractivity contribution is 0.536. The number of imidazole rings is 1. The molecule has 1 aromatic heterocycles. The fourth-order valence-electron chi connectivity index (χ4n) is 1.94. The summed E-state index contributed by atoms with van der Waals surface area (Å²) >= 11 is 0. The number of benzene rings is 1. The van der Waals surface area contributed by atoms with Gasteiger partial charge in [-0.3, -0.25) is 11.3 Å². The lowest BCUT2D eigenvalue weighted by atomic mass is 10.00. The zero-order valence-corrected chi connectivity index (χ0v) is 10.5. The summed E-state index contributed by atoms with van der Waals surface area (Å²) in [6, 6.07) is 4.66. The largest absolute Gasteiger partial charge is 0.340 e. The Morgan fingerprint density at radius 2 is 2.28 bits per heavy atom. The number of aryl methyl sites for hydroxylation is 2. The van der Waals surface area contributed by atoms with Gasteiger partial charge in [-0.25, -0.2) is 9.37 Å². The van der Waals surface area contributed by atoms with Gasteiger partial charge in [0.15, 0.2) is 0 Å². The Bertz CT molecular complexity index is 536.